The van der Waals surface area contributed by atoms with Gasteiger partial charge < -0.3 is 9.73 Å². The summed E-state index contributed by atoms with van der Waals surface area (Å²) in [5, 5.41) is 7.33. The van der Waals surface area contributed by atoms with Crippen LogP contribution < -0.4 is 5.32 Å². The molecule has 0 radical (unpaired) electrons. The standard InChI is InChI=1S/C10H14N4O/c1-8-5-12-10(15-8)7-11-6-9-3-4-13-14(9)2/h3-5,11H,6-7H2,1-2H3. The minimum absolute atomic E-state index is 0.638. The van der Waals surface area contributed by atoms with E-state index in [2.05, 4.69) is 15.4 Å². The van der Waals surface area contributed by atoms with Gasteiger partial charge in [-0.15, -0.1) is 0 Å². The molecule has 0 amide bonds. The highest BCUT2D eigenvalue weighted by atomic mass is 16.4. The Morgan fingerprint density at radius 2 is 2.33 bits per heavy atom. The Kier molecular flexibility index (Phi) is 2.82. The monoisotopic (exact) mass is 206 g/mol. The second kappa shape index (κ2) is 4.27. The number of nitrogens with zero attached hydrogens (tertiary/aromatic N) is 3. The van der Waals surface area contributed by atoms with Crippen LogP contribution in [0.2, 0.25) is 0 Å². The van der Waals surface area contributed by atoms with E-state index >= 15 is 0 Å². The Morgan fingerprint density at radius 3 is 2.93 bits per heavy atom. The number of hydrogen-bond donors (Lipinski definition) is 1. The first-order valence-electron chi connectivity index (χ1n) is 4.84. The summed E-state index contributed by atoms with van der Waals surface area (Å²) < 4.78 is 7.18. The van der Waals surface area contributed by atoms with E-state index in [1.54, 1.807) is 12.4 Å². The normalized spacial score (nSPS) is 10.8. The molecule has 5 heteroatoms. The lowest BCUT2D eigenvalue weighted by molar-refractivity contribution is 0.446. The lowest BCUT2D eigenvalue weighted by atomic mass is 10.4. The fourth-order valence-electron chi connectivity index (χ4n) is 1.36. The maximum Gasteiger partial charge on any atom is 0.208 e. The zero-order chi connectivity index (χ0) is 10.7. The van der Waals surface area contributed by atoms with E-state index in [4.69, 9.17) is 4.42 Å². The van der Waals surface area contributed by atoms with Crippen molar-refractivity contribution in [1.29, 1.82) is 0 Å². The lowest BCUT2D eigenvalue weighted by Crippen LogP contribution is -2.15. The summed E-state index contributed by atoms with van der Waals surface area (Å²) >= 11 is 0. The first kappa shape index (κ1) is 9.92. The van der Waals surface area contributed by atoms with Crippen LogP contribution in [-0.2, 0) is 20.1 Å². The molecule has 0 spiro atoms. The largest absolute Gasteiger partial charge is 0.445 e. The van der Waals surface area contributed by atoms with Crippen LogP contribution in [0.25, 0.3) is 0 Å². The number of aromatic nitrogens is 3. The second-order valence-corrected chi connectivity index (χ2v) is 3.41. The van der Waals surface area contributed by atoms with Gasteiger partial charge in [0.1, 0.15) is 5.76 Å². The highest BCUT2D eigenvalue weighted by Crippen LogP contribution is 2.01. The van der Waals surface area contributed by atoms with Crippen LogP contribution in [-0.4, -0.2) is 14.8 Å². The predicted molar refractivity (Wildman–Crippen MR) is 55.0 cm³/mol. The third kappa shape index (κ3) is 2.44. The second-order valence-electron chi connectivity index (χ2n) is 3.41. The molecule has 2 aromatic heterocycles. The van der Waals surface area contributed by atoms with Crippen LogP contribution in [0, 0.1) is 6.92 Å². The molecular weight excluding hydrogens is 192 g/mol. The molecule has 0 aliphatic rings. The molecule has 15 heavy (non-hydrogen) atoms. The van der Waals surface area contributed by atoms with E-state index in [1.165, 1.54) is 0 Å². The fraction of sp³-hybridized carbons (Fsp3) is 0.400. The van der Waals surface area contributed by atoms with Crippen LogP contribution >= 0.6 is 0 Å². The van der Waals surface area contributed by atoms with Gasteiger partial charge in [0.25, 0.3) is 0 Å². The number of oxazole rings is 1. The summed E-state index contributed by atoms with van der Waals surface area (Å²) in [7, 11) is 1.92. The first-order chi connectivity index (χ1) is 7.25. The van der Waals surface area contributed by atoms with Gasteiger partial charge in [0.2, 0.25) is 5.89 Å². The van der Waals surface area contributed by atoms with Gasteiger partial charge in [-0.1, -0.05) is 0 Å². The third-order valence-corrected chi connectivity index (χ3v) is 2.17. The molecule has 2 aromatic rings. The minimum atomic E-state index is 0.638. The summed E-state index contributed by atoms with van der Waals surface area (Å²) in [6.45, 7) is 3.29. The molecule has 0 aliphatic heterocycles. The Morgan fingerprint density at radius 1 is 1.47 bits per heavy atom. The highest BCUT2D eigenvalue weighted by Gasteiger charge is 2.01. The van der Waals surface area contributed by atoms with Gasteiger partial charge in [0, 0.05) is 19.8 Å². The van der Waals surface area contributed by atoms with E-state index in [-0.39, 0.29) is 0 Å². The minimum Gasteiger partial charge on any atom is -0.445 e. The quantitative estimate of drug-likeness (QED) is 0.811. The van der Waals surface area contributed by atoms with E-state index in [0.29, 0.717) is 6.54 Å². The summed E-state index contributed by atoms with van der Waals surface area (Å²) in [6, 6.07) is 1.98. The Bertz CT molecular complexity index is 432. The van der Waals surface area contributed by atoms with Crippen molar-refractivity contribution in [3.05, 3.63) is 35.8 Å². The zero-order valence-electron chi connectivity index (χ0n) is 8.90. The Hall–Kier alpha value is -1.62. The first-order valence-corrected chi connectivity index (χ1v) is 4.84. The van der Waals surface area contributed by atoms with Crippen LogP contribution in [0.1, 0.15) is 17.3 Å². The van der Waals surface area contributed by atoms with Gasteiger partial charge in [-0.3, -0.25) is 4.68 Å². The van der Waals surface area contributed by atoms with Crippen LogP contribution in [0.3, 0.4) is 0 Å². The number of nitrogens with one attached hydrogen (secondary N) is 1. The van der Waals surface area contributed by atoms with Crippen LogP contribution in [0.15, 0.2) is 22.9 Å². The van der Waals surface area contributed by atoms with Crippen molar-refractivity contribution in [2.45, 2.75) is 20.0 Å². The fourth-order valence-corrected chi connectivity index (χ4v) is 1.36. The van der Waals surface area contributed by atoms with E-state index in [9.17, 15) is 0 Å². The summed E-state index contributed by atoms with van der Waals surface area (Å²) in [5.74, 6) is 1.56. The average Bonchev–Trinajstić information content (AvgIpc) is 2.77. The van der Waals surface area contributed by atoms with Crippen molar-refractivity contribution in [3.63, 3.8) is 0 Å². The molecular formula is C10H14N4O. The molecule has 0 fully saturated rings. The molecule has 1 N–H and O–H groups in total. The van der Waals surface area contributed by atoms with Crippen molar-refractivity contribution < 1.29 is 4.42 Å². The molecule has 0 bridgehead atoms. The van der Waals surface area contributed by atoms with Gasteiger partial charge in [0.05, 0.1) is 18.4 Å². The molecule has 2 heterocycles. The Balaban J connectivity index is 1.83. The highest BCUT2D eigenvalue weighted by molar-refractivity contribution is 4.99. The molecule has 0 aromatic carbocycles. The third-order valence-electron chi connectivity index (χ3n) is 2.17. The van der Waals surface area contributed by atoms with E-state index in [1.807, 2.05) is 24.7 Å². The van der Waals surface area contributed by atoms with Crippen molar-refractivity contribution in [3.8, 4) is 0 Å². The number of rotatable bonds is 4. The predicted octanol–water partition coefficient (Wildman–Crippen LogP) is 1.01. The van der Waals surface area contributed by atoms with Crippen molar-refractivity contribution in [1.82, 2.24) is 20.1 Å². The molecule has 0 saturated carbocycles. The number of hydrogen-bond acceptors (Lipinski definition) is 4. The van der Waals surface area contributed by atoms with Gasteiger partial charge in [-0.25, -0.2) is 4.98 Å². The SMILES string of the molecule is Cc1cnc(CNCc2ccnn2C)o1. The van der Waals surface area contributed by atoms with Crippen LogP contribution in [0.4, 0.5) is 0 Å². The summed E-state index contributed by atoms with van der Waals surface area (Å²) in [5.41, 5.74) is 1.14. The maximum atomic E-state index is 5.34. The molecule has 0 unspecified atom stereocenters. The smallest absolute Gasteiger partial charge is 0.208 e. The molecule has 0 atom stereocenters. The van der Waals surface area contributed by atoms with Crippen LogP contribution in [0.5, 0.6) is 0 Å². The number of aryl methyl sites for hydroxylation is 2. The van der Waals surface area contributed by atoms with E-state index < -0.39 is 0 Å². The van der Waals surface area contributed by atoms with Crippen molar-refractivity contribution in [2.24, 2.45) is 7.05 Å². The molecule has 80 valence electrons. The van der Waals surface area contributed by atoms with Crippen molar-refractivity contribution in [2.75, 3.05) is 0 Å². The topological polar surface area (TPSA) is 55.9 Å². The van der Waals surface area contributed by atoms with Crippen molar-refractivity contribution >= 4 is 0 Å². The lowest BCUT2D eigenvalue weighted by Gasteiger charge is -2.02. The zero-order valence-corrected chi connectivity index (χ0v) is 8.90. The molecule has 5 nitrogen and oxygen atoms in total. The van der Waals surface area contributed by atoms with Gasteiger partial charge in [0.15, 0.2) is 0 Å². The molecule has 0 saturated heterocycles. The van der Waals surface area contributed by atoms with Gasteiger partial charge in [-0.05, 0) is 13.0 Å². The Labute approximate surface area is 88.1 Å². The van der Waals surface area contributed by atoms with Gasteiger partial charge >= 0.3 is 0 Å². The summed E-state index contributed by atoms with van der Waals surface area (Å²) in [6.07, 6.45) is 3.51. The average molecular weight is 206 g/mol. The molecule has 0 aliphatic carbocycles. The molecule has 2 rings (SSSR count). The maximum absolute atomic E-state index is 5.34. The van der Waals surface area contributed by atoms with Gasteiger partial charge in [-0.2, -0.15) is 5.10 Å². The summed E-state index contributed by atoms with van der Waals surface area (Å²) in [4.78, 5) is 4.11. The van der Waals surface area contributed by atoms with E-state index in [0.717, 1.165) is 23.9 Å².